The molecule has 1 aliphatic carbocycles. The molecule has 0 aliphatic heterocycles. The van der Waals surface area contributed by atoms with E-state index in [-0.39, 0.29) is 0 Å². The minimum absolute atomic E-state index is 0.332. The zero-order valence-corrected chi connectivity index (χ0v) is 10.6. The normalized spacial score (nSPS) is 21.3. The predicted molar refractivity (Wildman–Crippen MR) is 67.8 cm³/mol. The molecule has 1 heterocycles. The van der Waals surface area contributed by atoms with Crippen LogP contribution in [0.3, 0.4) is 0 Å². The van der Waals surface area contributed by atoms with E-state index in [0.29, 0.717) is 24.3 Å². The molecule has 2 unspecified atom stereocenters. The molecular formula is C14H23NO2. The van der Waals surface area contributed by atoms with E-state index in [4.69, 9.17) is 4.42 Å². The predicted octanol–water partition coefficient (Wildman–Crippen LogP) is 3.01. The van der Waals surface area contributed by atoms with Crippen LogP contribution >= 0.6 is 0 Å². The Labute approximate surface area is 103 Å². The molecule has 2 rings (SSSR count). The molecular weight excluding hydrogens is 214 g/mol. The first kappa shape index (κ1) is 12.7. The van der Waals surface area contributed by atoms with Crippen LogP contribution in [0.2, 0.25) is 0 Å². The van der Waals surface area contributed by atoms with Gasteiger partial charge in [0.1, 0.15) is 11.9 Å². The molecule has 1 aliphatic rings. The smallest absolute Gasteiger partial charge is 0.132 e. The molecule has 96 valence electrons. The standard InChI is InChI=1S/C14H23NO2/c1-11(15-12-6-3-2-4-7-12)10-13(16)14-8-5-9-17-14/h5,8-9,11-13,15-16H,2-4,6-7,10H2,1H3. The summed E-state index contributed by atoms with van der Waals surface area (Å²) in [4.78, 5) is 0. The van der Waals surface area contributed by atoms with Gasteiger partial charge >= 0.3 is 0 Å². The fourth-order valence-corrected chi connectivity index (χ4v) is 2.67. The van der Waals surface area contributed by atoms with Gasteiger partial charge in [0, 0.05) is 12.1 Å². The fourth-order valence-electron chi connectivity index (χ4n) is 2.67. The molecule has 0 bridgehead atoms. The molecule has 2 N–H and O–H groups in total. The number of aliphatic hydroxyl groups excluding tert-OH is 1. The lowest BCUT2D eigenvalue weighted by Gasteiger charge is -2.27. The number of furan rings is 1. The van der Waals surface area contributed by atoms with Crippen molar-refractivity contribution in [2.75, 3.05) is 0 Å². The Kier molecular flexibility index (Phi) is 4.63. The minimum atomic E-state index is -0.490. The molecule has 3 nitrogen and oxygen atoms in total. The monoisotopic (exact) mass is 237 g/mol. The van der Waals surface area contributed by atoms with Crippen molar-refractivity contribution in [3.63, 3.8) is 0 Å². The van der Waals surface area contributed by atoms with Gasteiger partial charge in [0.25, 0.3) is 0 Å². The highest BCUT2D eigenvalue weighted by Gasteiger charge is 2.19. The van der Waals surface area contributed by atoms with Gasteiger partial charge in [-0.15, -0.1) is 0 Å². The van der Waals surface area contributed by atoms with Crippen LogP contribution in [0.25, 0.3) is 0 Å². The number of hydrogen-bond acceptors (Lipinski definition) is 3. The SMILES string of the molecule is CC(CC(O)c1ccco1)NC1CCCCC1. The molecule has 3 heteroatoms. The van der Waals surface area contributed by atoms with Crippen LogP contribution < -0.4 is 5.32 Å². The summed E-state index contributed by atoms with van der Waals surface area (Å²) >= 11 is 0. The Hall–Kier alpha value is -0.800. The lowest BCUT2D eigenvalue weighted by atomic mass is 9.94. The first-order valence-electron chi connectivity index (χ1n) is 6.73. The Balaban J connectivity index is 1.74. The van der Waals surface area contributed by atoms with Crippen molar-refractivity contribution in [1.29, 1.82) is 0 Å². The van der Waals surface area contributed by atoms with Gasteiger partial charge < -0.3 is 14.8 Å². The second-order valence-electron chi connectivity index (χ2n) is 5.17. The molecule has 1 saturated carbocycles. The molecule has 1 aromatic rings. The second-order valence-corrected chi connectivity index (χ2v) is 5.17. The van der Waals surface area contributed by atoms with E-state index in [1.54, 1.807) is 6.26 Å². The minimum Gasteiger partial charge on any atom is -0.467 e. The molecule has 0 radical (unpaired) electrons. The van der Waals surface area contributed by atoms with Gasteiger partial charge in [0.05, 0.1) is 6.26 Å². The summed E-state index contributed by atoms with van der Waals surface area (Å²) in [6, 6.07) is 4.62. The van der Waals surface area contributed by atoms with E-state index in [1.807, 2.05) is 12.1 Å². The Morgan fingerprint density at radius 1 is 1.41 bits per heavy atom. The third-order valence-electron chi connectivity index (χ3n) is 3.57. The second kappa shape index (κ2) is 6.22. The average molecular weight is 237 g/mol. The van der Waals surface area contributed by atoms with E-state index in [1.165, 1.54) is 32.1 Å². The van der Waals surface area contributed by atoms with E-state index in [0.717, 1.165) is 0 Å². The molecule has 1 aromatic heterocycles. The number of nitrogens with one attached hydrogen (secondary N) is 1. The van der Waals surface area contributed by atoms with Crippen molar-refractivity contribution in [3.05, 3.63) is 24.2 Å². The Morgan fingerprint density at radius 3 is 2.82 bits per heavy atom. The highest BCUT2D eigenvalue weighted by atomic mass is 16.4. The molecule has 0 spiro atoms. The van der Waals surface area contributed by atoms with Gasteiger partial charge in [-0.25, -0.2) is 0 Å². The molecule has 1 fully saturated rings. The van der Waals surface area contributed by atoms with Gasteiger partial charge in [-0.05, 0) is 38.3 Å². The van der Waals surface area contributed by atoms with Crippen molar-refractivity contribution in [1.82, 2.24) is 5.32 Å². The lowest BCUT2D eigenvalue weighted by Crippen LogP contribution is -2.38. The van der Waals surface area contributed by atoms with E-state index < -0.39 is 6.10 Å². The van der Waals surface area contributed by atoms with Crippen LogP contribution in [0.5, 0.6) is 0 Å². The largest absolute Gasteiger partial charge is 0.467 e. The first-order chi connectivity index (χ1) is 8.25. The van der Waals surface area contributed by atoms with Crippen LogP contribution in [0.1, 0.15) is 57.3 Å². The fraction of sp³-hybridized carbons (Fsp3) is 0.714. The highest BCUT2D eigenvalue weighted by Crippen LogP contribution is 2.21. The first-order valence-corrected chi connectivity index (χ1v) is 6.73. The van der Waals surface area contributed by atoms with Crippen LogP contribution in [0, 0.1) is 0 Å². The van der Waals surface area contributed by atoms with E-state index in [2.05, 4.69) is 12.2 Å². The zero-order valence-electron chi connectivity index (χ0n) is 10.6. The summed E-state index contributed by atoms with van der Waals surface area (Å²) in [6.07, 6.45) is 8.44. The number of aliphatic hydroxyl groups is 1. The molecule has 0 amide bonds. The Morgan fingerprint density at radius 2 is 2.18 bits per heavy atom. The quantitative estimate of drug-likeness (QED) is 0.827. The highest BCUT2D eigenvalue weighted by molar-refractivity contribution is 5.02. The number of rotatable bonds is 5. The van der Waals surface area contributed by atoms with Crippen LogP contribution in [0.4, 0.5) is 0 Å². The van der Waals surface area contributed by atoms with Crippen LogP contribution in [-0.4, -0.2) is 17.2 Å². The van der Waals surface area contributed by atoms with Gasteiger partial charge in [0.2, 0.25) is 0 Å². The van der Waals surface area contributed by atoms with Gasteiger partial charge in [-0.1, -0.05) is 19.3 Å². The summed E-state index contributed by atoms with van der Waals surface area (Å²) in [7, 11) is 0. The maximum absolute atomic E-state index is 9.98. The molecule has 17 heavy (non-hydrogen) atoms. The van der Waals surface area contributed by atoms with Crippen LogP contribution in [0.15, 0.2) is 22.8 Å². The van der Waals surface area contributed by atoms with E-state index >= 15 is 0 Å². The van der Waals surface area contributed by atoms with E-state index in [9.17, 15) is 5.11 Å². The van der Waals surface area contributed by atoms with Crippen molar-refractivity contribution >= 4 is 0 Å². The third-order valence-corrected chi connectivity index (χ3v) is 3.57. The van der Waals surface area contributed by atoms with Crippen molar-refractivity contribution < 1.29 is 9.52 Å². The topological polar surface area (TPSA) is 45.4 Å². The van der Waals surface area contributed by atoms with Crippen molar-refractivity contribution in [3.8, 4) is 0 Å². The summed E-state index contributed by atoms with van der Waals surface area (Å²) in [6.45, 7) is 2.14. The van der Waals surface area contributed by atoms with Gasteiger partial charge in [-0.3, -0.25) is 0 Å². The van der Waals surface area contributed by atoms with Crippen molar-refractivity contribution in [2.45, 2.75) is 63.6 Å². The number of hydrogen-bond donors (Lipinski definition) is 2. The lowest BCUT2D eigenvalue weighted by molar-refractivity contribution is 0.125. The third kappa shape index (κ3) is 3.86. The molecule has 2 atom stereocenters. The maximum Gasteiger partial charge on any atom is 0.132 e. The maximum atomic E-state index is 9.98. The molecule has 0 aromatic carbocycles. The molecule has 0 saturated heterocycles. The summed E-state index contributed by atoms with van der Waals surface area (Å²) < 4.78 is 5.21. The van der Waals surface area contributed by atoms with Gasteiger partial charge in [0.15, 0.2) is 0 Å². The van der Waals surface area contributed by atoms with Crippen molar-refractivity contribution in [2.24, 2.45) is 0 Å². The summed E-state index contributed by atoms with van der Waals surface area (Å²) in [5.41, 5.74) is 0. The van der Waals surface area contributed by atoms with Crippen LogP contribution in [-0.2, 0) is 0 Å². The zero-order chi connectivity index (χ0) is 12.1. The van der Waals surface area contributed by atoms with Gasteiger partial charge in [-0.2, -0.15) is 0 Å². The average Bonchev–Trinajstić information content (AvgIpc) is 2.83. The Bertz CT molecular complexity index is 304. The summed E-state index contributed by atoms with van der Waals surface area (Å²) in [5.74, 6) is 0.669. The summed E-state index contributed by atoms with van der Waals surface area (Å²) in [5, 5.41) is 13.6.